The molecule has 11 heteroatoms. The van der Waals surface area contributed by atoms with Gasteiger partial charge >= 0.3 is 0 Å². The van der Waals surface area contributed by atoms with Crippen molar-refractivity contribution >= 4 is 44.2 Å². The van der Waals surface area contributed by atoms with Crippen LogP contribution in [0, 0.1) is 0 Å². The highest BCUT2D eigenvalue weighted by atomic mass is 32.2. The Labute approximate surface area is 188 Å². The molecule has 0 radical (unpaired) electrons. The number of hydrogen-bond acceptors (Lipinski definition) is 8. The van der Waals surface area contributed by atoms with E-state index in [1.54, 1.807) is 11.0 Å². The van der Waals surface area contributed by atoms with Crippen molar-refractivity contribution in [3.63, 3.8) is 0 Å². The van der Waals surface area contributed by atoms with E-state index in [-0.39, 0.29) is 15.9 Å². The second kappa shape index (κ2) is 9.35. The number of nitrogens with zero attached hydrogens (tertiary/aromatic N) is 3. The molecule has 2 aromatic carbocycles. The van der Waals surface area contributed by atoms with Crippen LogP contribution in [0.4, 0.5) is 5.13 Å². The zero-order valence-electron chi connectivity index (χ0n) is 16.6. The molecule has 1 aliphatic heterocycles. The summed E-state index contributed by atoms with van der Waals surface area (Å²) in [6, 6.07) is 14.0. The lowest BCUT2D eigenvalue weighted by Crippen LogP contribution is -2.40. The number of morpholine rings is 1. The van der Waals surface area contributed by atoms with Crippen molar-refractivity contribution in [2.75, 3.05) is 37.3 Å². The summed E-state index contributed by atoms with van der Waals surface area (Å²) in [6.07, 6.45) is 1.85. The van der Waals surface area contributed by atoms with Crippen molar-refractivity contribution in [2.45, 2.75) is 9.79 Å². The van der Waals surface area contributed by atoms with E-state index < -0.39 is 10.0 Å². The van der Waals surface area contributed by atoms with E-state index in [0.29, 0.717) is 36.9 Å². The monoisotopic (exact) mass is 476 g/mol. The fourth-order valence-electron chi connectivity index (χ4n) is 3.09. The van der Waals surface area contributed by atoms with Crippen LogP contribution in [0.1, 0.15) is 10.4 Å². The first-order valence-corrected chi connectivity index (χ1v) is 13.0. The number of thioether (sulfide) groups is 1. The Bertz CT molecular complexity index is 1180. The molecule has 1 saturated heterocycles. The Morgan fingerprint density at radius 3 is 2.58 bits per heavy atom. The molecule has 1 aromatic heterocycles. The summed E-state index contributed by atoms with van der Waals surface area (Å²) >= 11 is 2.54. The van der Waals surface area contributed by atoms with Gasteiger partial charge in [0.05, 0.1) is 23.7 Å². The molecule has 4 rings (SSSR count). The van der Waals surface area contributed by atoms with Gasteiger partial charge < -0.3 is 9.64 Å². The topological polar surface area (TPSA) is 101 Å². The van der Waals surface area contributed by atoms with Gasteiger partial charge in [-0.05, 0) is 24.5 Å². The van der Waals surface area contributed by atoms with Crippen LogP contribution in [-0.2, 0) is 14.8 Å². The zero-order valence-corrected chi connectivity index (χ0v) is 19.1. The Hall–Kier alpha value is -2.47. The lowest BCUT2D eigenvalue weighted by molar-refractivity contribution is 0.0300. The van der Waals surface area contributed by atoms with E-state index in [9.17, 15) is 13.2 Å². The number of sulfonamides is 1. The molecule has 0 bridgehead atoms. The second-order valence-electron chi connectivity index (χ2n) is 6.65. The molecule has 0 aliphatic carbocycles. The third kappa shape index (κ3) is 4.90. The van der Waals surface area contributed by atoms with Crippen LogP contribution in [0.25, 0.3) is 10.6 Å². The van der Waals surface area contributed by atoms with Gasteiger partial charge in [0.25, 0.3) is 15.9 Å². The molecular formula is C20H20N4O4S3. The first-order valence-electron chi connectivity index (χ1n) is 9.45. The van der Waals surface area contributed by atoms with Crippen LogP contribution in [0.5, 0.6) is 0 Å². The molecule has 3 aromatic rings. The number of hydrogen-bond donors (Lipinski definition) is 1. The van der Waals surface area contributed by atoms with Gasteiger partial charge in [-0.1, -0.05) is 41.7 Å². The summed E-state index contributed by atoms with van der Waals surface area (Å²) in [5.41, 5.74) is 1.22. The van der Waals surface area contributed by atoms with Crippen molar-refractivity contribution in [2.24, 2.45) is 0 Å². The molecule has 1 fully saturated rings. The average molecular weight is 477 g/mol. The third-order valence-electron chi connectivity index (χ3n) is 4.68. The highest BCUT2D eigenvalue weighted by Gasteiger charge is 2.24. The Morgan fingerprint density at radius 1 is 1.13 bits per heavy atom. The van der Waals surface area contributed by atoms with Gasteiger partial charge in [-0.15, -0.1) is 22.0 Å². The van der Waals surface area contributed by atoms with E-state index in [4.69, 9.17) is 4.74 Å². The molecular weight excluding hydrogens is 456 g/mol. The van der Waals surface area contributed by atoms with E-state index >= 15 is 0 Å². The van der Waals surface area contributed by atoms with Crippen LogP contribution in [0.15, 0.2) is 58.3 Å². The maximum Gasteiger partial charge on any atom is 0.263 e. The highest BCUT2D eigenvalue weighted by molar-refractivity contribution is 7.98. The minimum Gasteiger partial charge on any atom is -0.378 e. The third-order valence-corrected chi connectivity index (χ3v) is 7.83. The summed E-state index contributed by atoms with van der Waals surface area (Å²) in [4.78, 5) is 15.4. The van der Waals surface area contributed by atoms with Crippen molar-refractivity contribution in [3.8, 4) is 10.6 Å². The Kier molecular flexibility index (Phi) is 6.56. The van der Waals surface area contributed by atoms with Crippen LogP contribution >= 0.6 is 23.1 Å². The summed E-state index contributed by atoms with van der Waals surface area (Å²) in [5.74, 6) is -0.202. The molecule has 0 atom stereocenters. The fraction of sp³-hybridized carbons (Fsp3) is 0.250. The molecule has 1 amide bonds. The van der Waals surface area contributed by atoms with Crippen LogP contribution in [0.2, 0.25) is 0 Å². The maximum absolute atomic E-state index is 13.0. The minimum atomic E-state index is -3.94. The molecule has 31 heavy (non-hydrogen) atoms. The molecule has 8 nitrogen and oxygen atoms in total. The predicted octanol–water partition coefficient (Wildman–Crippen LogP) is 3.20. The Balaban J connectivity index is 1.59. The number of ether oxygens (including phenoxy) is 1. The lowest BCUT2D eigenvalue weighted by Gasteiger charge is -2.27. The van der Waals surface area contributed by atoms with Crippen molar-refractivity contribution in [3.05, 3.63) is 54.1 Å². The van der Waals surface area contributed by atoms with Crippen molar-refractivity contribution in [1.82, 2.24) is 15.1 Å². The SMILES string of the molecule is CSc1ccc(S(=O)(=O)Nc2nnc(-c3ccccc3)s2)cc1C(=O)N1CCOCC1. The molecule has 1 N–H and O–H groups in total. The normalized spacial score (nSPS) is 14.4. The molecule has 2 heterocycles. The van der Waals surface area contributed by atoms with Gasteiger partial charge in [-0.25, -0.2) is 8.42 Å². The lowest BCUT2D eigenvalue weighted by atomic mass is 10.2. The molecule has 0 unspecified atom stereocenters. The number of rotatable bonds is 6. The Morgan fingerprint density at radius 2 is 1.87 bits per heavy atom. The van der Waals surface area contributed by atoms with E-state index in [2.05, 4.69) is 14.9 Å². The first kappa shape index (κ1) is 21.8. The van der Waals surface area contributed by atoms with Gasteiger partial charge in [0, 0.05) is 23.5 Å². The summed E-state index contributed by atoms with van der Waals surface area (Å²) in [7, 11) is -3.94. The second-order valence-corrected chi connectivity index (χ2v) is 10.2. The number of anilines is 1. The van der Waals surface area contributed by atoms with Crippen LogP contribution in [0.3, 0.4) is 0 Å². The number of amides is 1. The molecule has 0 saturated carbocycles. The predicted molar refractivity (Wildman–Crippen MR) is 121 cm³/mol. The number of carbonyl (C=O) groups is 1. The molecule has 162 valence electrons. The quantitative estimate of drug-likeness (QED) is 0.545. The van der Waals surface area contributed by atoms with Crippen LogP contribution < -0.4 is 4.72 Å². The smallest absolute Gasteiger partial charge is 0.263 e. The summed E-state index contributed by atoms with van der Waals surface area (Å²) < 4.78 is 33.7. The standard InChI is InChI=1S/C20H20N4O4S3/c1-29-17-8-7-15(13-16(17)19(25)24-9-11-28-12-10-24)31(26,27)23-20-22-21-18(30-20)14-5-3-2-4-6-14/h2-8,13H,9-12H2,1H3,(H,22,23). The number of carbonyl (C=O) groups excluding carboxylic acids is 1. The van der Waals surface area contributed by atoms with E-state index in [0.717, 1.165) is 21.8 Å². The highest BCUT2D eigenvalue weighted by Crippen LogP contribution is 2.29. The number of aromatic nitrogens is 2. The van der Waals surface area contributed by atoms with E-state index in [1.807, 2.05) is 36.6 Å². The number of benzene rings is 2. The minimum absolute atomic E-state index is 0.00151. The largest absolute Gasteiger partial charge is 0.378 e. The molecule has 1 aliphatic rings. The first-order chi connectivity index (χ1) is 15.0. The van der Waals surface area contributed by atoms with E-state index in [1.165, 1.54) is 23.9 Å². The zero-order chi connectivity index (χ0) is 21.8. The summed E-state index contributed by atoms with van der Waals surface area (Å²) in [5, 5.41) is 8.79. The van der Waals surface area contributed by atoms with Gasteiger partial charge in [0.1, 0.15) is 5.01 Å². The van der Waals surface area contributed by atoms with Gasteiger partial charge in [-0.2, -0.15) is 0 Å². The summed E-state index contributed by atoms with van der Waals surface area (Å²) in [6.45, 7) is 1.91. The van der Waals surface area contributed by atoms with Gasteiger partial charge in [0.15, 0.2) is 0 Å². The molecule has 0 spiro atoms. The van der Waals surface area contributed by atoms with Crippen molar-refractivity contribution < 1.29 is 17.9 Å². The van der Waals surface area contributed by atoms with Crippen LogP contribution in [-0.4, -0.2) is 62.0 Å². The van der Waals surface area contributed by atoms with Crippen molar-refractivity contribution in [1.29, 1.82) is 0 Å². The maximum atomic E-state index is 13.0. The fourth-order valence-corrected chi connectivity index (χ4v) is 5.67. The average Bonchev–Trinajstić information content (AvgIpc) is 3.27. The van der Waals surface area contributed by atoms with Gasteiger partial charge in [0.2, 0.25) is 5.13 Å². The number of nitrogens with one attached hydrogen (secondary N) is 1. The van der Waals surface area contributed by atoms with Gasteiger partial charge in [-0.3, -0.25) is 9.52 Å².